The second-order valence-electron chi connectivity index (χ2n) is 14.7. The summed E-state index contributed by atoms with van der Waals surface area (Å²) in [4.78, 5) is 4.20. The second-order valence-corrected chi connectivity index (χ2v) is 15.1. The number of aromatic nitrogens is 3. The van der Waals surface area contributed by atoms with Gasteiger partial charge in [0.25, 0.3) is 6.17 Å². The Hall–Kier alpha value is -5.84. The number of pyridine rings is 1. The number of rotatable bonds is 11. The molecule has 1 aliphatic rings. The number of nitrogens with zero attached hydrogens (tertiary/aromatic N) is 2. The predicted molar refractivity (Wildman–Crippen MR) is 256 cm³/mol. The smallest absolute Gasteiger partial charge is 0.256 e. The quantitative estimate of drug-likeness (QED) is 0.0566. The van der Waals surface area contributed by atoms with Gasteiger partial charge in [0.1, 0.15) is 0 Å². The van der Waals surface area contributed by atoms with Gasteiger partial charge in [-0.3, -0.25) is 4.57 Å². The zero-order chi connectivity index (χ0) is 42.2. The van der Waals surface area contributed by atoms with Crippen LogP contribution in [0.2, 0.25) is 0 Å². The number of aromatic amines is 1. The fraction of sp³-hybridized carbons (Fsp3) is 0.204. The molecule has 3 aromatic carbocycles. The van der Waals surface area contributed by atoms with Crippen molar-refractivity contribution in [1.82, 2.24) is 9.55 Å². The maximum atomic E-state index is 5.08. The summed E-state index contributed by atoms with van der Waals surface area (Å²) >= 11 is 5.08. The minimum Gasteiger partial charge on any atom is -0.367 e. The topological polar surface area (TPSA) is 24.6 Å². The first-order valence-corrected chi connectivity index (χ1v) is 20.7. The highest BCUT2D eigenvalue weighted by Crippen LogP contribution is 2.49. The lowest BCUT2D eigenvalue weighted by atomic mass is 9.78. The third-order valence-electron chi connectivity index (χ3n) is 10.2. The van der Waals surface area contributed by atoms with Crippen LogP contribution in [0.15, 0.2) is 189 Å². The van der Waals surface area contributed by atoms with Crippen molar-refractivity contribution in [3.8, 4) is 22.3 Å². The first-order chi connectivity index (χ1) is 28.1. The van der Waals surface area contributed by atoms with E-state index in [2.05, 4.69) is 228 Å². The summed E-state index contributed by atoms with van der Waals surface area (Å²) in [6, 6.07) is 34.0. The molecule has 0 saturated carbocycles. The second kappa shape index (κ2) is 21.6. The van der Waals surface area contributed by atoms with Crippen molar-refractivity contribution in [3.63, 3.8) is 0 Å². The number of allylic oxidation sites excluding steroid dienone is 8. The molecular weight excluding hydrogens is 723 g/mol. The standard InChI is InChI=1S/C27H25NS.C23H27N2.C2H6.C2H4/c1-4-5-14-22-24(19-12-9-13-19)23(18(2)3)25(20-10-7-6-8-11-20)26(27(22)29)21-15-16-28-17-21;1-19-13-14-20(2)25(19)22(24-17-9-6-10-18-24)15-16-23(3,4)21-11-7-5-8-12-21;2*1-2/h4-18,28-29H,1H2,2-3H3;5-18,22H,1-4H3;1-2H3;1-2H2/q;+1;;/b14-5-;16-15+;;. The van der Waals surface area contributed by atoms with Gasteiger partial charge in [-0.25, -0.2) is 0 Å². The first kappa shape index (κ1) is 44.9. The largest absolute Gasteiger partial charge is 0.367 e. The highest BCUT2D eigenvalue weighted by atomic mass is 32.1. The summed E-state index contributed by atoms with van der Waals surface area (Å²) in [5.74, 6) is 0.345. The third kappa shape index (κ3) is 10.4. The van der Waals surface area contributed by atoms with Gasteiger partial charge >= 0.3 is 0 Å². The van der Waals surface area contributed by atoms with E-state index in [4.69, 9.17) is 12.6 Å². The molecule has 3 heterocycles. The average molecular weight is 785 g/mol. The van der Waals surface area contributed by atoms with Crippen molar-refractivity contribution in [2.45, 2.75) is 77.8 Å². The normalized spacial score (nSPS) is 12.4. The Morgan fingerprint density at radius 3 is 1.88 bits per heavy atom. The van der Waals surface area contributed by atoms with Crippen LogP contribution in [0.4, 0.5) is 0 Å². The monoisotopic (exact) mass is 784 g/mol. The molecule has 0 aliphatic heterocycles. The van der Waals surface area contributed by atoms with Crippen LogP contribution in [0.5, 0.6) is 0 Å². The van der Waals surface area contributed by atoms with Crippen LogP contribution in [0.3, 0.4) is 0 Å². The number of H-pyrrole nitrogens is 1. The molecule has 0 radical (unpaired) electrons. The highest BCUT2D eigenvalue weighted by Gasteiger charge is 2.27. The molecule has 1 aliphatic carbocycles. The molecule has 1 N–H and O–H groups in total. The fourth-order valence-corrected chi connectivity index (χ4v) is 7.74. The van der Waals surface area contributed by atoms with Gasteiger partial charge in [0.05, 0.1) is 0 Å². The van der Waals surface area contributed by atoms with Gasteiger partial charge in [-0.1, -0.05) is 157 Å². The van der Waals surface area contributed by atoms with Crippen LogP contribution in [-0.2, 0) is 5.41 Å². The average Bonchev–Trinajstić information content (AvgIpc) is 3.89. The van der Waals surface area contributed by atoms with Crippen molar-refractivity contribution in [2.75, 3.05) is 0 Å². The van der Waals surface area contributed by atoms with Gasteiger partial charge in [0.15, 0.2) is 12.4 Å². The van der Waals surface area contributed by atoms with Crippen molar-refractivity contribution in [3.05, 3.63) is 218 Å². The van der Waals surface area contributed by atoms with E-state index in [1.54, 1.807) is 0 Å². The van der Waals surface area contributed by atoms with Crippen molar-refractivity contribution in [2.24, 2.45) is 0 Å². The molecule has 1 atom stereocenters. The maximum Gasteiger partial charge on any atom is 0.256 e. The first-order valence-electron chi connectivity index (χ1n) is 20.3. The van der Waals surface area contributed by atoms with Gasteiger partial charge in [-0.15, -0.1) is 25.8 Å². The summed E-state index contributed by atoms with van der Waals surface area (Å²) in [5, 5.41) is 0. The molecule has 0 amide bonds. The molecule has 6 aromatic rings. The lowest BCUT2D eigenvalue weighted by molar-refractivity contribution is -0.717. The van der Waals surface area contributed by atoms with Gasteiger partial charge < -0.3 is 4.98 Å². The summed E-state index contributed by atoms with van der Waals surface area (Å²) in [7, 11) is 0. The van der Waals surface area contributed by atoms with Crippen LogP contribution < -0.4 is 4.57 Å². The Morgan fingerprint density at radius 1 is 0.776 bits per heavy atom. The van der Waals surface area contributed by atoms with Crippen molar-refractivity contribution >= 4 is 24.3 Å². The van der Waals surface area contributed by atoms with Gasteiger partial charge in [0, 0.05) is 63.4 Å². The Labute approximate surface area is 354 Å². The Kier molecular flexibility index (Phi) is 16.7. The Balaban J connectivity index is 0.000000239. The molecule has 3 nitrogen and oxygen atoms in total. The van der Waals surface area contributed by atoms with E-state index in [-0.39, 0.29) is 11.6 Å². The lowest BCUT2D eigenvalue weighted by Crippen LogP contribution is -2.42. The van der Waals surface area contributed by atoms with E-state index in [1.165, 1.54) is 50.3 Å². The van der Waals surface area contributed by atoms with Crippen LogP contribution in [0, 0.1) is 13.8 Å². The number of nitrogens with one attached hydrogen (secondary N) is 1. The zero-order valence-corrected chi connectivity index (χ0v) is 36.7. The summed E-state index contributed by atoms with van der Waals surface area (Å²) < 4.78 is 4.62. The zero-order valence-electron chi connectivity index (χ0n) is 35.8. The number of thiol groups is 1. The van der Waals surface area contributed by atoms with Crippen molar-refractivity contribution < 1.29 is 4.57 Å². The van der Waals surface area contributed by atoms with Gasteiger partial charge in [-0.2, -0.15) is 4.57 Å². The van der Waals surface area contributed by atoms with E-state index in [0.29, 0.717) is 5.92 Å². The van der Waals surface area contributed by atoms with Gasteiger partial charge in [-0.05, 0) is 76.9 Å². The molecule has 0 fully saturated rings. The third-order valence-corrected chi connectivity index (χ3v) is 10.6. The van der Waals surface area contributed by atoms with E-state index >= 15 is 0 Å². The molecule has 4 heteroatoms. The molecule has 0 bridgehead atoms. The Bertz CT molecular complexity index is 2300. The molecule has 0 spiro atoms. The van der Waals surface area contributed by atoms with E-state index in [9.17, 15) is 0 Å². The predicted octanol–water partition coefficient (Wildman–Crippen LogP) is 14.7. The molecule has 298 valence electrons. The molecule has 7 rings (SSSR count). The van der Waals surface area contributed by atoms with E-state index in [1.807, 2.05) is 32.2 Å². The maximum absolute atomic E-state index is 5.08. The number of benzene rings is 3. The summed E-state index contributed by atoms with van der Waals surface area (Å²) in [5.41, 5.74) is 13.6. The molecule has 3 aromatic heterocycles. The number of hydrogen-bond donors (Lipinski definition) is 2. The molecule has 1 unspecified atom stereocenters. The summed E-state index contributed by atoms with van der Waals surface area (Å²) in [6.07, 6.45) is 25.5. The summed E-state index contributed by atoms with van der Waals surface area (Å²) in [6.45, 7) is 27.3. The van der Waals surface area contributed by atoms with Crippen LogP contribution in [0.1, 0.15) is 87.3 Å². The minimum atomic E-state index is -0.0240. The Morgan fingerprint density at radius 2 is 1.36 bits per heavy atom. The molecular formula is C54H62N3S+. The van der Waals surface area contributed by atoms with E-state index < -0.39 is 0 Å². The van der Waals surface area contributed by atoms with Crippen LogP contribution >= 0.6 is 12.6 Å². The molecule has 0 saturated heterocycles. The molecule has 58 heavy (non-hydrogen) atoms. The fourth-order valence-electron chi connectivity index (χ4n) is 7.31. The van der Waals surface area contributed by atoms with Gasteiger partial charge in [0.2, 0.25) is 0 Å². The van der Waals surface area contributed by atoms with Crippen LogP contribution in [0.25, 0.3) is 33.9 Å². The highest BCUT2D eigenvalue weighted by molar-refractivity contribution is 7.80. The van der Waals surface area contributed by atoms with Crippen LogP contribution in [-0.4, -0.2) is 9.55 Å². The number of hydrogen-bond acceptors (Lipinski definition) is 1. The van der Waals surface area contributed by atoms with E-state index in [0.717, 1.165) is 16.0 Å². The van der Waals surface area contributed by atoms with Crippen molar-refractivity contribution in [1.29, 1.82) is 0 Å². The number of aryl methyl sites for hydroxylation is 2. The SMILES string of the molecule is C=C.C=C/C=C\c1c(S)c(-c2cc[nH]c2)c(-c2ccccc2)c(C(C)C)c1C1=CC=C1.CC.Cc1ccc(C)n1C(/C=C/C(C)(C)c1ccccc1)[n+]1ccccc1. The minimum absolute atomic E-state index is 0.0240. The lowest BCUT2D eigenvalue weighted by Gasteiger charge is -2.28.